The fraction of sp³-hybridized carbons (Fsp3) is 0.464. The fourth-order valence-corrected chi connectivity index (χ4v) is 7.42. The van der Waals surface area contributed by atoms with E-state index in [1.54, 1.807) is 21.0 Å². The number of nitrogens with zero attached hydrogens (tertiary/aromatic N) is 5. The van der Waals surface area contributed by atoms with Crippen molar-refractivity contribution >= 4 is 60.5 Å². The molecule has 2 aromatic rings. The summed E-state index contributed by atoms with van der Waals surface area (Å²) in [5.41, 5.74) is -1.08. The third-order valence-electron chi connectivity index (χ3n) is 7.31. The summed E-state index contributed by atoms with van der Waals surface area (Å²) in [7, 11) is 1.81. The highest BCUT2D eigenvalue weighted by Gasteiger charge is 2.71. The average Bonchev–Trinajstić information content (AvgIpc) is 3.65. The standard InChI is InChI=1S/C28H34ClF2N5O4SSi/c1-27(19-11-17(14-33-23(19)31)12-20(30)21-8-7-18(29)15-32-21)22-13-28(22,24(37)35(2)3)41-25(34-27)36(26(38)39)16-40-9-10-42(4,5)6/h7-8,11-12,14-15,22H,9-10,13,16H2,1-6H3,(H,38,39)/b20-12-/t22-,27+,28-/m0/s1. The SMILES string of the molecule is CN(C)C(=O)[C@]12C[C@H]1[C@@](C)(c1cc(/C=C(\F)c3ccc(Cl)cn3)cnc1F)N=C(N(COCC[Si](C)(C)C)C(=O)O)S2. The molecule has 1 aliphatic heterocycles. The zero-order valence-corrected chi connectivity index (χ0v) is 26.9. The van der Waals surface area contributed by atoms with Gasteiger partial charge in [-0.05, 0) is 49.2 Å². The lowest BCUT2D eigenvalue weighted by molar-refractivity contribution is -0.129. The van der Waals surface area contributed by atoms with Crippen molar-refractivity contribution < 1.29 is 28.2 Å². The number of aliphatic imine (C=N–C) groups is 1. The van der Waals surface area contributed by atoms with Crippen molar-refractivity contribution in [2.45, 2.75) is 49.3 Å². The van der Waals surface area contributed by atoms with Gasteiger partial charge in [0.1, 0.15) is 17.3 Å². The smallest absolute Gasteiger partial charge is 0.415 e. The van der Waals surface area contributed by atoms with E-state index in [-0.39, 0.29) is 34.6 Å². The number of carboxylic acid groups (broad SMARTS) is 1. The van der Waals surface area contributed by atoms with Crippen LogP contribution in [-0.4, -0.2) is 82.3 Å². The molecule has 0 spiro atoms. The maximum atomic E-state index is 15.5. The first kappa shape index (κ1) is 32.0. The number of fused-ring (bicyclic) bond motifs is 1. The average molecular weight is 638 g/mol. The van der Waals surface area contributed by atoms with Crippen LogP contribution in [0.5, 0.6) is 0 Å². The molecule has 2 aromatic heterocycles. The first-order valence-electron chi connectivity index (χ1n) is 13.3. The Balaban J connectivity index is 1.75. The van der Waals surface area contributed by atoms with Crippen LogP contribution in [0.2, 0.25) is 30.7 Å². The molecule has 0 aromatic carbocycles. The molecule has 1 N–H and O–H groups in total. The van der Waals surface area contributed by atoms with Crippen LogP contribution >= 0.6 is 23.4 Å². The van der Waals surface area contributed by atoms with Gasteiger partial charge in [-0.3, -0.25) is 14.8 Å². The van der Waals surface area contributed by atoms with E-state index in [1.165, 1.54) is 41.6 Å². The van der Waals surface area contributed by atoms with Gasteiger partial charge in [0.15, 0.2) is 5.17 Å². The van der Waals surface area contributed by atoms with E-state index in [2.05, 4.69) is 29.6 Å². The number of ether oxygens (including phenoxy) is 1. The summed E-state index contributed by atoms with van der Waals surface area (Å²) in [5.74, 6) is -2.22. The Morgan fingerprint density at radius 3 is 2.57 bits per heavy atom. The molecule has 9 nitrogen and oxygen atoms in total. The topological polar surface area (TPSA) is 108 Å². The number of rotatable bonds is 9. The first-order valence-corrected chi connectivity index (χ1v) is 18.2. The maximum Gasteiger partial charge on any atom is 0.415 e. The minimum Gasteiger partial charge on any atom is -0.465 e. The molecule has 1 fully saturated rings. The molecule has 0 radical (unpaired) electrons. The van der Waals surface area contributed by atoms with Gasteiger partial charge >= 0.3 is 6.09 Å². The Morgan fingerprint density at radius 2 is 1.98 bits per heavy atom. The molecular formula is C28H34ClF2N5O4SSi. The Morgan fingerprint density at radius 1 is 1.26 bits per heavy atom. The third kappa shape index (κ3) is 6.69. The fourth-order valence-electron chi connectivity index (χ4n) is 4.86. The van der Waals surface area contributed by atoms with Crippen molar-refractivity contribution in [3.63, 3.8) is 0 Å². The molecule has 0 saturated heterocycles. The monoisotopic (exact) mass is 637 g/mol. The summed E-state index contributed by atoms with van der Waals surface area (Å²) in [6, 6.07) is 5.18. The molecule has 226 valence electrons. The number of thioether (sulfide) groups is 1. The zero-order chi connectivity index (χ0) is 31.0. The van der Waals surface area contributed by atoms with Gasteiger partial charge in [-0.15, -0.1) is 0 Å². The van der Waals surface area contributed by atoms with Gasteiger partial charge in [0, 0.05) is 52.7 Å². The predicted molar refractivity (Wildman–Crippen MR) is 163 cm³/mol. The number of hydrogen-bond donors (Lipinski definition) is 1. The van der Waals surface area contributed by atoms with Crippen LogP contribution in [-0.2, 0) is 15.1 Å². The summed E-state index contributed by atoms with van der Waals surface area (Å²) in [6.07, 6.45) is 2.69. The summed E-state index contributed by atoms with van der Waals surface area (Å²) < 4.78 is 35.1. The summed E-state index contributed by atoms with van der Waals surface area (Å²) in [4.78, 5) is 40.8. The second kappa shape index (κ2) is 12.0. The normalized spacial score (nSPS) is 23.6. The van der Waals surface area contributed by atoms with Crippen LogP contribution in [0.15, 0.2) is 35.6 Å². The number of amidine groups is 1. The van der Waals surface area contributed by atoms with Gasteiger partial charge in [-0.2, -0.15) is 4.39 Å². The van der Waals surface area contributed by atoms with Crippen LogP contribution in [0.1, 0.15) is 30.2 Å². The third-order valence-corrected chi connectivity index (χ3v) is 10.7. The van der Waals surface area contributed by atoms with E-state index in [0.717, 1.165) is 22.7 Å². The molecule has 14 heteroatoms. The number of hydrogen-bond acceptors (Lipinski definition) is 7. The van der Waals surface area contributed by atoms with E-state index in [4.69, 9.17) is 21.3 Å². The molecule has 1 aliphatic carbocycles. The number of aromatic nitrogens is 2. The number of carbonyl (C=O) groups excluding carboxylic acids is 1. The largest absolute Gasteiger partial charge is 0.465 e. The van der Waals surface area contributed by atoms with Gasteiger partial charge in [0.05, 0.1) is 16.3 Å². The minimum absolute atomic E-state index is 0.0225. The zero-order valence-electron chi connectivity index (χ0n) is 24.3. The second-order valence-electron chi connectivity index (χ2n) is 12.0. The van der Waals surface area contributed by atoms with Crippen LogP contribution in [0.25, 0.3) is 11.9 Å². The van der Waals surface area contributed by atoms with Crippen LogP contribution in [0.4, 0.5) is 13.6 Å². The molecule has 4 rings (SSSR count). The molecule has 42 heavy (non-hydrogen) atoms. The van der Waals surface area contributed by atoms with E-state index < -0.39 is 42.1 Å². The van der Waals surface area contributed by atoms with E-state index >= 15 is 8.78 Å². The second-order valence-corrected chi connectivity index (χ2v) is 19.4. The van der Waals surface area contributed by atoms with Gasteiger partial charge in [-0.25, -0.2) is 19.1 Å². The maximum absolute atomic E-state index is 15.5. The van der Waals surface area contributed by atoms with E-state index in [9.17, 15) is 14.7 Å². The van der Waals surface area contributed by atoms with Crippen LogP contribution in [0.3, 0.4) is 0 Å². The predicted octanol–water partition coefficient (Wildman–Crippen LogP) is 6.19. The van der Waals surface area contributed by atoms with Gasteiger partial charge < -0.3 is 14.7 Å². The number of halogens is 3. The summed E-state index contributed by atoms with van der Waals surface area (Å²) >= 11 is 6.91. The van der Waals surface area contributed by atoms with Gasteiger partial charge in [0.25, 0.3) is 0 Å². The first-order chi connectivity index (χ1) is 19.6. The minimum atomic E-state index is -1.42. The Labute approximate surface area is 254 Å². The number of pyridine rings is 2. The molecule has 3 heterocycles. The highest BCUT2D eigenvalue weighted by Crippen LogP contribution is 2.67. The molecule has 0 unspecified atom stereocenters. The summed E-state index contributed by atoms with van der Waals surface area (Å²) in [5, 5.41) is 10.5. The van der Waals surface area contributed by atoms with Crippen molar-refractivity contribution in [3.8, 4) is 0 Å². The lowest BCUT2D eigenvalue weighted by Gasteiger charge is -2.37. The van der Waals surface area contributed by atoms with Crippen molar-refractivity contribution in [1.29, 1.82) is 0 Å². The highest BCUT2D eigenvalue weighted by molar-refractivity contribution is 8.16. The van der Waals surface area contributed by atoms with Crippen molar-refractivity contribution in [2.75, 3.05) is 27.4 Å². The molecule has 2 amide bonds. The van der Waals surface area contributed by atoms with Crippen molar-refractivity contribution in [2.24, 2.45) is 10.9 Å². The number of amides is 2. The molecule has 2 aliphatic rings. The highest BCUT2D eigenvalue weighted by atomic mass is 35.5. The number of carbonyl (C=O) groups is 2. The van der Waals surface area contributed by atoms with Crippen molar-refractivity contribution in [1.82, 2.24) is 19.8 Å². The molecular weight excluding hydrogens is 604 g/mol. The Hall–Kier alpha value is -2.87. The lowest BCUT2D eigenvalue weighted by atomic mass is 9.86. The van der Waals surface area contributed by atoms with Crippen molar-refractivity contribution in [3.05, 3.63) is 58.4 Å². The lowest BCUT2D eigenvalue weighted by Crippen LogP contribution is -2.47. The Kier molecular flexibility index (Phi) is 9.17. The molecule has 0 bridgehead atoms. The Bertz CT molecular complexity index is 1440. The van der Waals surface area contributed by atoms with Gasteiger partial charge in [-0.1, -0.05) is 43.0 Å². The van der Waals surface area contributed by atoms with Crippen LogP contribution < -0.4 is 0 Å². The van der Waals surface area contributed by atoms with Gasteiger partial charge in [0.2, 0.25) is 11.9 Å². The quantitative estimate of drug-likeness (QED) is 0.151. The summed E-state index contributed by atoms with van der Waals surface area (Å²) in [6.45, 7) is 8.29. The van der Waals surface area contributed by atoms with E-state index in [0.29, 0.717) is 18.1 Å². The van der Waals surface area contributed by atoms with E-state index in [1.807, 2.05) is 0 Å². The van der Waals surface area contributed by atoms with Crippen LogP contribution in [0, 0.1) is 11.9 Å². The molecule has 3 atom stereocenters. The molecule has 1 saturated carbocycles.